The average molecular weight is 469 g/mol. The SMILES string of the molecule is CC1(C)OB(c2ccc(-n3c4ccc5ccccc5c4c4c5ccccc5ccc43)cc2)OC1(C)C. The number of benzene rings is 5. The van der Waals surface area contributed by atoms with Gasteiger partial charge in [-0.15, -0.1) is 0 Å². The van der Waals surface area contributed by atoms with E-state index >= 15 is 0 Å². The molecule has 1 fully saturated rings. The summed E-state index contributed by atoms with van der Waals surface area (Å²) in [6.45, 7) is 8.37. The monoisotopic (exact) mass is 469 g/mol. The van der Waals surface area contributed by atoms with E-state index in [1.165, 1.54) is 43.4 Å². The van der Waals surface area contributed by atoms with Crippen LogP contribution in [0.4, 0.5) is 0 Å². The summed E-state index contributed by atoms with van der Waals surface area (Å²) in [6, 6.07) is 35.0. The predicted octanol–water partition coefficient (Wildman–Crippen LogP) is 7.39. The molecule has 7 rings (SSSR count). The second-order valence-electron chi connectivity index (χ2n) is 10.9. The number of nitrogens with zero attached hydrogens (tertiary/aromatic N) is 1. The summed E-state index contributed by atoms with van der Waals surface area (Å²) in [5.41, 5.74) is 3.87. The lowest BCUT2D eigenvalue weighted by Gasteiger charge is -2.32. The summed E-state index contributed by atoms with van der Waals surface area (Å²) in [4.78, 5) is 0. The van der Waals surface area contributed by atoms with Crippen LogP contribution in [0.25, 0.3) is 49.0 Å². The normalized spacial score (nSPS) is 17.1. The molecule has 0 saturated carbocycles. The Kier molecular flexibility index (Phi) is 4.49. The van der Waals surface area contributed by atoms with E-state index in [2.05, 4.69) is 129 Å². The first kappa shape index (κ1) is 21.7. The van der Waals surface area contributed by atoms with Gasteiger partial charge in [0, 0.05) is 16.5 Å². The maximum absolute atomic E-state index is 6.29. The standard InChI is InChI=1S/C32H28BNO2/c1-31(2)32(3,4)36-33(35-31)23-15-17-24(18-16-23)34-27-19-13-21-9-5-7-11-25(21)29(27)30-26-12-8-6-10-22(26)14-20-28(30)34/h5-20H,1-4H3. The molecule has 176 valence electrons. The van der Waals surface area contributed by atoms with Gasteiger partial charge in [-0.05, 0) is 79.0 Å². The van der Waals surface area contributed by atoms with Crippen LogP contribution in [0.5, 0.6) is 0 Å². The van der Waals surface area contributed by atoms with Crippen molar-refractivity contribution >= 4 is 55.9 Å². The van der Waals surface area contributed by atoms with Gasteiger partial charge in [-0.3, -0.25) is 0 Å². The summed E-state index contributed by atoms with van der Waals surface area (Å²) < 4.78 is 15.0. The van der Waals surface area contributed by atoms with Gasteiger partial charge in [-0.2, -0.15) is 0 Å². The molecule has 6 aromatic rings. The Bertz CT molecular complexity index is 1690. The quantitative estimate of drug-likeness (QED) is 0.247. The van der Waals surface area contributed by atoms with Crippen molar-refractivity contribution in [3.05, 3.63) is 97.1 Å². The lowest BCUT2D eigenvalue weighted by molar-refractivity contribution is 0.00578. The number of hydrogen-bond acceptors (Lipinski definition) is 2. The minimum absolute atomic E-state index is 0.356. The van der Waals surface area contributed by atoms with Crippen LogP contribution >= 0.6 is 0 Å². The van der Waals surface area contributed by atoms with Crippen LogP contribution in [-0.4, -0.2) is 22.9 Å². The van der Waals surface area contributed by atoms with E-state index in [0.717, 1.165) is 11.2 Å². The van der Waals surface area contributed by atoms with Gasteiger partial charge in [0.1, 0.15) is 0 Å². The van der Waals surface area contributed by atoms with E-state index in [-0.39, 0.29) is 18.3 Å². The van der Waals surface area contributed by atoms with Crippen LogP contribution in [0.2, 0.25) is 0 Å². The molecule has 2 heterocycles. The first-order valence-corrected chi connectivity index (χ1v) is 12.6. The molecule has 0 spiro atoms. The Hall–Kier alpha value is -3.60. The van der Waals surface area contributed by atoms with Gasteiger partial charge in [0.25, 0.3) is 0 Å². The molecule has 0 radical (unpaired) electrons. The van der Waals surface area contributed by atoms with Crippen LogP contribution in [0.1, 0.15) is 27.7 Å². The Morgan fingerprint density at radius 2 is 1.03 bits per heavy atom. The van der Waals surface area contributed by atoms with Crippen LogP contribution in [-0.2, 0) is 9.31 Å². The fraction of sp³-hybridized carbons (Fsp3) is 0.188. The molecule has 1 saturated heterocycles. The lowest BCUT2D eigenvalue weighted by atomic mass is 9.79. The van der Waals surface area contributed by atoms with E-state index in [1.54, 1.807) is 0 Å². The fourth-order valence-electron chi connectivity index (χ4n) is 5.59. The van der Waals surface area contributed by atoms with Gasteiger partial charge < -0.3 is 13.9 Å². The third-order valence-corrected chi connectivity index (χ3v) is 8.22. The molecule has 0 aliphatic carbocycles. The molecular weight excluding hydrogens is 441 g/mol. The highest BCUT2D eigenvalue weighted by Crippen LogP contribution is 2.40. The fourth-order valence-corrected chi connectivity index (χ4v) is 5.59. The maximum atomic E-state index is 6.29. The van der Waals surface area contributed by atoms with Crippen LogP contribution in [0.3, 0.4) is 0 Å². The highest BCUT2D eigenvalue weighted by atomic mass is 16.7. The zero-order valence-corrected chi connectivity index (χ0v) is 21.1. The van der Waals surface area contributed by atoms with Gasteiger partial charge in [0.15, 0.2) is 0 Å². The summed E-state index contributed by atoms with van der Waals surface area (Å²) in [7, 11) is -0.366. The Morgan fingerprint density at radius 1 is 0.556 bits per heavy atom. The second-order valence-corrected chi connectivity index (χ2v) is 10.9. The van der Waals surface area contributed by atoms with Crippen molar-refractivity contribution in [1.82, 2.24) is 4.57 Å². The number of rotatable bonds is 2. The molecule has 0 atom stereocenters. The second kappa shape index (κ2) is 7.46. The summed E-state index contributed by atoms with van der Waals surface area (Å²) in [5, 5.41) is 7.68. The highest BCUT2D eigenvalue weighted by molar-refractivity contribution is 6.62. The Morgan fingerprint density at radius 3 is 1.53 bits per heavy atom. The Labute approximate surface area is 211 Å². The highest BCUT2D eigenvalue weighted by Gasteiger charge is 2.51. The molecule has 0 N–H and O–H groups in total. The van der Waals surface area contributed by atoms with Gasteiger partial charge >= 0.3 is 7.12 Å². The largest absolute Gasteiger partial charge is 0.494 e. The van der Waals surface area contributed by atoms with E-state index in [4.69, 9.17) is 9.31 Å². The van der Waals surface area contributed by atoms with Crippen molar-refractivity contribution in [3.63, 3.8) is 0 Å². The van der Waals surface area contributed by atoms with Crippen LogP contribution < -0.4 is 5.46 Å². The van der Waals surface area contributed by atoms with Crippen molar-refractivity contribution in [2.75, 3.05) is 0 Å². The first-order chi connectivity index (χ1) is 17.3. The third-order valence-electron chi connectivity index (χ3n) is 8.22. The van der Waals surface area contributed by atoms with Crippen molar-refractivity contribution in [2.24, 2.45) is 0 Å². The molecule has 5 aromatic carbocycles. The molecular formula is C32H28BNO2. The van der Waals surface area contributed by atoms with Gasteiger partial charge in [-0.1, -0.05) is 72.8 Å². The topological polar surface area (TPSA) is 23.4 Å². The zero-order valence-electron chi connectivity index (χ0n) is 21.1. The Balaban J connectivity index is 1.47. The van der Waals surface area contributed by atoms with Crippen LogP contribution in [0.15, 0.2) is 97.1 Å². The predicted molar refractivity (Wildman–Crippen MR) is 152 cm³/mol. The van der Waals surface area contributed by atoms with Gasteiger partial charge in [0.05, 0.1) is 22.2 Å². The van der Waals surface area contributed by atoms with E-state index in [9.17, 15) is 0 Å². The molecule has 1 aliphatic rings. The number of hydrogen-bond donors (Lipinski definition) is 0. The molecule has 0 unspecified atom stereocenters. The molecule has 0 amide bonds. The van der Waals surface area contributed by atoms with Crippen molar-refractivity contribution in [3.8, 4) is 5.69 Å². The summed E-state index contributed by atoms with van der Waals surface area (Å²) in [6.07, 6.45) is 0. The van der Waals surface area contributed by atoms with E-state index in [1.807, 2.05) is 0 Å². The molecule has 1 aliphatic heterocycles. The summed E-state index contributed by atoms with van der Waals surface area (Å²) in [5.74, 6) is 0. The smallest absolute Gasteiger partial charge is 0.399 e. The minimum atomic E-state index is -0.366. The number of fused-ring (bicyclic) bond motifs is 7. The van der Waals surface area contributed by atoms with Crippen molar-refractivity contribution in [1.29, 1.82) is 0 Å². The van der Waals surface area contributed by atoms with Gasteiger partial charge in [0.2, 0.25) is 0 Å². The third kappa shape index (κ3) is 3.01. The molecule has 1 aromatic heterocycles. The van der Waals surface area contributed by atoms with Crippen molar-refractivity contribution < 1.29 is 9.31 Å². The maximum Gasteiger partial charge on any atom is 0.494 e. The van der Waals surface area contributed by atoms with Crippen molar-refractivity contribution in [2.45, 2.75) is 38.9 Å². The van der Waals surface area contributed by atoms with Crippen LogP contribution in [0, 0.1) is 0 Å². The molecule has 4 heteroatoms. The van der Waals surface area contributed by atoms with E-state index in [0.29, 0.717) is 0 Å². The first-order valence-electron chi connectivity index (χ1n) is 12.6. The zero-order chi connectivity index (χ0) is 24.7. The lowest BCUT2D eigenvalue weighted by Crippen LogP contribution is -2.41. The average Bonchev–Trinajstić information content (AvgIpc) is 3.34. The molecule has 3 nitrogen and oxygen atoms in total. The molecule has 0 bridgehead atoms. The van der Waals surface area contributed by atoms with E-state index < -0.39 is 0 Å². The van der Waals surface area contributed by atoms with Gasteiger partial charge in [-0.25, -0.2) is 0 Å². The summed E-state index contributed by atoms with van der Waals surface area (Å²) >= 11 is 0. The molecule has 36 heavy (non-hydrogen) atoms. The number of aromatic nitrogens is 1. The minimum Gasteiger partial charge on any atom is -0.399 e.